The molecule has 0 radical (unpaired) electrons. The highest BCUT2D eigenvalue weighted by atomic mass is 79.9. The van der Waals surface area contributed by atoms with Gasteiger partial charge in [0.1, 0.15) is 5.82 Å². The quantitative estimate of drug-likeness (QED) is 0.472. The molecule has 0 saturated carbocycles. The number of benzene rings is 2. The van der Waals surface area contributed by atoms with Crippen molar-refractivity contribution in [1.82, 2.24) is 15.1 Å². The SMILES string of the molecule is CN(Cc1c(F)cccc1Cl)C(=O)CSc1nnc(-c2ccc(Br)cc2)o1. The summed E-state index contributed by atoms with van der Waals surface area (Å²) in [5, 5.41) is 8.51. The third-order valence-electron chi connectivity index (χ3n) is 3.70. The average Bonchev–Trinajstić information content (AvgIpc) is 3.12. The summed E-state index contributed by atoms with van der Waals surface area (Å²) in [5.41, 5.74) is 1.07. The summed E-state index contributed by atoms with van der Waals surface area (Å²) in [4.78, 5) is 13.7. The molecule has 0 aliphatic rings. The van der Waals surface area contributed by atoms with Gasteiger partial charge in [-0.3, -0.25) is 4.79 Å². The van der Waals surface area contributed by atoms with Gasteiger partial charge in [-0.2, -0.15) is 0 Å². The van der Waals surface area contributed by atoms with Crippen molar-refractivity contribution in [2.24, 2.45) is 0 Å². The summed E-state index contributed by atoms with van der Waals surface area (Å²) in [6.07, 6.45) is 0. The number of carbonyl (C=O) groups excluding carboxylic acids is 1. The number of hydrogen-bond acceptors (Lipinski definition) is 5. The zero-order valence-electron chi connectivity index (χ0n) is 14.2. The Bertz CT molecular complexity index is 932. The molecule has 5 nitrogen and oxygen atoms in total. The molecule has 0 atom stereocenters. The minimum Gasteiger partial charge on any atom is -0.411 e. The van der Waals surface area contributed by atoms with Crippen LogP contribution in [-0.2, 0) is 11.3 Å². The van der Waals surface area contributed by atoms with Gasteiger partial charge in [-0.15, -0.1) is 10.2 Å². The maximum atomic E-state index is 13.9. The van der Waals surface area contributed by atoms with Gasteiger partial charge in [-0.25, -0.2) is 4.39 Å². The van der Waals surface area contributed by atoms with E-state index in [-0.39, 0.29) is 23.8 Å². The number of hydrogen-bond donors (Lipinski definition) is 0. The van der Waals surface area contributed by atoms with Crippen molar-refractivity contribution < 1.29 is 13.6 Å². The zero-order chi connectivity index (χ0) is 19.4. The highest BCUT2D eigenvalue weighted by molar-refractivity contribution is 9.10. The number of rotatable bonds is 6. The first-order chi connectivity index (χ1) is 12.9. The van der Waals surface area contributed by atoms with Crippen LogP contribution in [0, 0.1) is 5.82 Å². The van der Waals surface area contributed by atoms with E-state index < -0.39 is 5.82 Å². The molecule has 0 N–H and O–H groups in total. The second-order valence-corrected chi connectivity index (χ2v) is 7.87. The molecule has 0 aliphatic carbocycles. The Hall–Kier alpha value is -1.90. The first-order valence-corrected chi connectivity index (χ1v) is 9.99. The molecule has 3 rings (SSSR count). The molecule has 0 aliphatic heterocycles. The molecule has 0 saturated heterocycles. The molecule has 0 fully saturated rings. The fourth-order valence-electron chi connectivity index (χ4n) is 2.22. The monoisotopic (exact) mass is 469 g/mol. The van der Waals surface area contributed by atoms with Crippen LogP contribution in [0.4, 0.5) is 4.39 Å². The Balaban J connectivity index is 1.58. The number of carbonyl (C=O) groups is 1. The molecule has 9 heteroatoms. The summed E-state index contributed by atoms with van der Waals surface area (Å²) in [6.45, 7) is 0.0822. The fourth-order valence-corrected chi connectivity index (χ4v) is 3.41. The fraction of sp³-hybridized carbons (Fsp3) is 0.167. The minimum atomic E-state index is -0.439. The molecule has 0 bridgehead atoms. The van der Waals surface area contributed by atoms with E-state index in [0.29, 0.717) is 16.1 Å². The van der Waals surface area contributed by atoms with Crippen LogP contribution in [0.25, 0.3) is 11.5 Å². The van der Waals surface area contributed by atoms with Gasteiger partial charge in [-0.1, -0.05) is 45.4 Å². The van der Waals surface area contributed by atoms with Crippen molar-refractivity contribution in [3.05, 3.63) is 63.3 Å². The van der Waals surface area contributed by atoms with Gasteiger partial charge < -0.3 is 9.32 Å². The zero-order valence-corrected chi connectivity index (χ0v) is 17.3. The summed E-state index contributed by atoms with van der Waals surface area (Å²) in [5.74, 6) is -0.178. The average molecular weight is 471 g/mol. The molecule has 27 heavy (non-hydrogen) atoms. The standard InChI is InChI=1S/C18H14BrClFN3O2S/c1-24(9-13-14(20)3-2-4-15(13)21)16(25)10-27-18-23-22-17(26-18)11-5-7-12(19)8-6-11/h2-8H,9-10H2,1H3. The summed E-state index contributed by atoms with van der Waals surface area (Å²) in [7, 11) is 1.59. The van der Waals surface area contributed by atoms with Crippen LogP contribution in [0.5, 0.6) is 0 Å². The Labute approximate surface area is 173 Å². The Morgan fingerprint density at radius 3 is 2.70 bits per heavy atom. The maximum absolute atomic E-state index is 13.9. The van der Waals surface area contributed by atoms with Crippen molar-refractivity contribution in [3.8, 4) is 11.5 Å². The Morgan fingerprint density at radius 2 is 2.00 bits per heavy atom. The van der Waals surface area contributed by atoms with Gasteiger partial charge in [0.25, 0.3) is 5.22 Å². The lowest BCUT2D eigenvalue weighted by Crippen LogP contribution is -2.28. The smallest absolute Gasteiger partial charge is 0.277 e. The van der Waals surface area contributed by atoms with Crippen molar-refractivity contribution in [1.29, 1.82) is 0 Å². The molecular weight excluding hydrogens is 457 g/mol. The van der Waals surface area contributed by atoms with E-state index in [1.165, 1.54) is 17.0 Å². The highest BCUT2D eigenvalue weighted by Crippen LogP contribution is 2.25. The number of amides is 1. The summed E-state index contributed by atoms with van der Waals surface area (Å²) < 4.78 is 20.4. The molecule has 1 heterocycles. The van der Waals surface area contributed by atoms with Crippen LogP contribution in [0.15, 0.2) is 56.6 Å². The van der Waals surface area contributed by atoms with E-state index in [0.717, 1.165) is 21.8 Å². The van der Waals surface area contributed by atoms with Crippen LogP contribution in [-0.4, -0.2) is 33.8 Å². The van der Waals surface area contributed by atoms with E-state index in [4.69, 9.17) is 16.0 Å². The highest BCUT2D eigenvalue weighted by Gasteiger charge is 2.16. The lowest BCUT2D eigenvalue weighted by molar-refractivity contribution is -0.127. The van der Waals surface area contributed by atoms with Crippen molar-refractivity contribution >= 4 is 45.2 Å². The predicted molar refractivity (Wildman–Crippen MR) is 106 cm³/mol. The van der Waals surface area contributed by atoms with Gasteiger partial charge in [0.05, 0.1) is 5.75 Å². The first kappa shape index (κ1) is 19.9. The minimum absolute atomic E-state index is 0.0822. The predicted octanol–water partition coefficient (Wildman–Crippen LogP) is 5.04. The summed E-state index contributed by atoms with van der Waals surface area (Å²) >= 11 is 10.5. The second kappa shape index (κ2) is 8.86. The Kier molecular flexibility index (Phi) is 6.51. The molecule has 3 aromatic rings. The molecule has 0 unspecified atom stereocenters. The normalized spacial score (nSPS) is 10.8. The maximum Gasteiger partial charge on any atom is 0.277 e. The molecule has 1 aromatic heterocycles. The number of thioether (sulfide) groups is 1. The molecule has 2 aromatic carbocycles. The number of aromatic nitrogens is 2. The van der Waals surface area contributed by atoms with E-state index in [1.54, 1.807) is 13.1 Å². The van der Waals surface area contributed by atoms with Crippen molar-refractivity contribution in [3.63, 3.8) is 0 Å². The summed E-state index contributed by atoms with van der Waals surface area (Å²) in [6, 6.07) is 11.9. The van der Waals surface area contributed by atoms with Gasteiger partial charge >= 0.3 is 0 Å². The topological polar surface area (TPSA) is 59.2 Å². The van der Waals surface area contributed by atoms with E-state index in [2.05, 4.69) is 26.1 Å². The lowest BCUT2D eigenvalue weighted by Gasteiger charge is -2.17. The van der Waals surface area contributed by atoms with Crippen molar-refractivity contribution in [2.45, 2.75) is 11.8 Å². The van der Waals surface area contributed by atoms with Gasteiger partial charge in [0.15, 0.2) is 0 Å². The lowest BCUT2D eigenvalue weighted by atomic mass is 10.2. The second-order valence-electron chi connectivity index (χ2n) is 5.62. The number of halogens is 3. The Morgan fingerprint density at radius 1 is 1.26 bits per heavy atom. The van der Waals surface area contributed by atoms with Crippen LogP contribution < -0.4 is 0 Å². The van der Waals surface area contributed by atoms with Crippen LogP contribution >= 0.6 is 39.3 Å². The molecule has 140 valence electrons. The van der Waals surface area contributed by atoms with Crippen molar-refractivity contribution in [2.75, 3.05) is 12.8 Å². The van der Waals surface area contributed by atoms with Gasteiger partial charge in [0.2, 0.25) is 11.8 Å². The largest absolute Gasteiger partial charge is 0.411 e. The van der Waals surface area contributed by atoms with Crippen LogP contribution in [0.3, 0.4) is 0 Å². The first-order valence-electron chi connectivity index (χ1n) is 7.83. The number of nitrogens with zero attached hydrogens (tertiary/aromatic N) is 3. The van der Waals surface area contributed by atoms with E-state index >= 15 is 0 Å². The molecule has 0 spiro atoms. The van der Waals surface area contributed by atoms with E-state index in [1.807, 2.05) is 24.3 Å². The third kappa shape index (κ3) is 5.09. The molecule has 1 amide bonds. The van der Waals surface area contributed by atoms with E-state index in [9.17, 15) is 9.18 Å². The van der Waals surface area contributed by atoms with Crippen LogP contribution in [0.2, 0.25) is 5.02 Å². The third-order valence-corrected chi connectivity index (χ3v) is 5.39. The van der Waals surface area contributed by atoms with Gasteiger partial charge in [0, 0.05) is 34.2 Å². The van der Waals surface area contributed by atoms with Crippen LogP contribution in [0.1, 0.15) is 5.56 Å². The molecular formula is C18H14BrClFN3O2S. The van der Waals surface area contributed by atoms with Gasteiger partial charge in [-0.05, 0) is 36.4 Å².